The Balaban J connectivity index is 1.72. The first kappa shape index (κ1) is 23.2. The molecule has 0 aliphatic carbocycles. The number of amides is 2. The maximum absolute atomic E-state index is 13.0. The summed E-state index contributed by atoms with van der Waals surface area (Å²) in [6.07, 6.45) is 2.22. The van der Waals surface area contributed by atoms with E-state index in [1.165, 1.54) is 46.0 Å². The summed E-state index contributed by atoms with van der Waals surface area (Å²) >= 11 is 12.0. The van der Waals surface area contributed by atoms with E-state index in [0.29, 0.717) is 34.4 Å². The Bertz CT molecular complexity index is 1150. The molecule has 0 atom stereocenters. The Labute approximate surface area is 193 Å². The van der Waals surface area contributed by atoms with Crippen LogP contribution in [0.2, 0.25) is 10.0 Å². The van der Waals surface area contributed by atoms with E-state index in [-0.39, 0.29) is 17.9 Å². The highest BCUT2D eigenvalue weighted by molar-refractivity contribution is 6.36. The molecule has 0 aliphatic rings. The molecule has 3 rings (SSSR count). The normalized spacial score (nSPS) is 10.6. The molecule has 0 saturated carbocycles. The molecule has 32 heavy (non-hydrogen) atoms. The van der Waals surface area contributed by atoms with Crippen molar-refractivity contribution < 1.29 is 14.5 Å². The molecule has 9 nitrogen and oxygen atoms in total. The summed E-state index contributed by atoms with van der Waals surface area (Å²) < 4.78 is 1.44. The molecular formula is C21H19Cl2N5O4. The number of rotatable bonds is 8. The predicted octanol–water partition coefficient (Wildman–Crippen LogP) is 4.58. The summed E-state index contributed by atoms with van der Waals surface area (Å²) in [7, 11) is 0. The van der Waals surface area contributed by atoms with Crippen LogP contribution in [0.15, 0.2) is 54.7 Å². The van der Waals surface area contributed by atoms with Gasteiger partial charge >= 0.3 is 0 Å². The van der Waals surface area contributed by atoms with Crippen LogP contribution in [0, 0.1) is 10.1 Å². The van der Waals surface area contributed by atoms with Gasteiger partial charge in [-0.3, -0.25) is 19.7 Å². The Morgan fingerprint density at radius 3 is 2.50 bits per heavy atom. The maximum atomic E-state index is 13.0. The number of non-ortho nitro benzene ring substituents is 1. The molecule has 0 saturated heterocycles. The molecule has 0 spiro atoms. The lowest BCUT2D eigenvalue weighted by molar-refractivity contribution is -0.384. The van der Waals surface area contributed by atoms with Crippen LogP contribution in [-0.2, 0) is 4.79 Å². The van der Waals surface area contributed by atoms with E-state index in [2.05, 4.69) is 10.4 Å². The second kappa shape index (κ2) is 10.3. The summed E-state index contributed by atoms with van der Waals surface area (Å²) in [5.74, 6) is -0.823. The van der Waals surface area contributed by atoms with Crippen LogP contribution in [-0.4, -0.2) is 44.5 Å². The quantitative estimate of drug-likeness (QED) is 0.378. The standard InChI is InChI=1S/C21H19Cl2N5O4/c1-2-10-26(13-20(29)24-18-8-3-14(22)12-17(18)23)21(30)19-9-11-27(25-19)15-4-6-16(7-5-15)28(31)32/h3-9,11-12H,2,10,13H2,1H3,(H,24,29). The molecule has 0 radical (unpaired) electrons. The molecule has 1 aromatic heterocycles. The highest BCUT2D eigenvalue weighted by atomic mass is 35.5. The monoisotopic (exact) mass is 475 g/mol. The van der Waals surface area contributed by atoms with Gasteiger partial charge in [0.05, 0.1) is 21.3 Å². The SMILES string of the molecule is CCCN(CC(=O)Nc1ccc(Cl)cc1Cl)C(=O)c1ccn(-c2ccc([N+](=O)[O-])cc2)n1. The number of benzene rings is 2. The van der Waals surface area contributed by atoms with Gasteiger partial charge in [0.2, 0.25) is 5.91 Å². The largest absolute Gasteiger partial charge is 0.328 e. The number of carbonyl (C=O) groups excluding carboxylic acids is 2. The summed E-state index contributed by atoms with van der Waals surface area (Å²) in [4.78, 5) is 37.2. The number of aromatic nitrogens is 2. The van der Waals surface area contributed by atoms with E-state index in [0.717, 1.165) is 0 Å². The van der Waals surface area contributed by atoms with Crippen LogP contribution >= 0.6 is 23.2 Å². The zero-order valence-electron chi connectivity index (χ0n) is 17.0. The number of nitrogens with zero attached hydrogens (tertiary/aromatic N) is 4. The fraction of sp³-hybridized carbons (Fsp3) is 0.190. The third-order valence-electron chi connectivity index (χ3n) is 4.45. The van der Waals surface area contributed by atoms with Gasteiger partial charge in [-0.15, -0.1) is 0 Å². The van der Waals surface area contributed by atoms with Crippen molar-refractivity contribution in [2.75, 3.05) is 18.4 Å². The topological polar surface area (TPSA) is 110 Å². The molecule has 2 amide bonds. The van der Waals surface area contributed by atoms with Crippen LogP contribution in [0.1, 0.15) is 23.8 Å². The van der Waals surface area contributed by atoms with Crippen molar-refractivity contribution >= 4 is 46.4 Å². The molecule has 0 unspecified atom stereocenters. The number of carbonyl (C=O) groups is 2. The number of hydrogen-bond donors (Lipinski definition) is 1. The summed E-state index contributed by atoms with van der Waals surface area (Å²) in [6.45, 7) is 2.06. The molecule has 1 N–H and O–H groups in total. The van der Waals surface area contributed by atoms with Crippen LogP contribution in [0.25, 0.3) is 5.69 Å². The van der Waals surface area contributed by atoms with Crippen molar-refractivity contribution in [1.82, 2.24) is 14.7 Å². The molecule has 3 aromatic rings. The summed E-state index contributed by atoms with van der Waals surface area (Å²) in [5, 5.41) is 18.5. The van der Waals surface area contributed by atoms with Gasteiger partial charge in [0.25, 0.3) is 11.6 Å². The van der Waals surface area contributed by atoms with Gasteiger partial charge in [-0.05, 0) is 42.8 Å². The molecular weight excluding hydrogens is 457 g/mol. The smallest absolute Gasteiger partial charge is 0.274 e. The van der Waals surface area contributed by atoms with E-state index >= 15 is 0 Å². The minimum absolute atomic E-state index is 0.0434. The van der Waals surface area contributed by atoms with Gasteiger partial charge in [0, 0.05) is 29.9 Å². The number of halogens is 2. The minimum atomic E-state index is -0.493. The molecule has 1 heterocycles. The highest BCUT2D eigenvalue weighted by Gasteiger charge is 2.21. The maximum Gasteiger partial charge on any atom is 0.274 e. The molecule has 0 bridgehead atoms. The zero-order chi connectivity index (χ0) is 23.3. The van der Waals surface area contributed by atoms with E-state index in [4.69, 9.17) is 23.2 Å². The lowest BCUT2D eigenvalue weighted by Gasteiger charge is -2.20. The van der Waals surface area contributed by atoms with Gasteiger partial charge < -0.3 is 10.2 Å². The first-order valence-corrected chi connectivity index (χ1v) is 10.4. The van der Waals surface area contributed by atoms with Gasteiger partial charge in [0.15, 0.2) is 5.69 Å². The fourth-order valence-electron chi connectivity index (χ4n) is 2.95. The third-order valence-corrected chi connectivity index (χ3v) is 5.00. The van der Waals surface area contributed by atoms with Crippen molar-refractivity contribution in [2.45, 2.75) is 13.3 Å². The lowest BCUT2D eigenvalue weighted by Crippen LogP contribution is -2.38. The van der Waals surface area contributed by atoms with Crippen LogP contribution in [0.4, 0.5) is 11.4 Å². The van der Waals surface area contributed by atoms with Gasteiger partial charge in [-0.2, -0.15) is 5.10 Å². The van der Waals surface area contributed by atoms with E-state index < -0.39 is 16.7 Å². The Morgan fingerprint density at radius 1 is 1.16 bits per heavy atom. The second-order valence-electron chi connectivity index (χ2n) is 6.82. The highest BCUT2D eigenvalue weighted by Crippen LogP contribution is 2.25. The average Bonchev–Trinajstić information content (AvgIpc) is 3.25. The van der Waals surface area contributed by atoms with E-state index in [9.17, 15) is 19.7 Å². The van der Waals surface area contributed by atoms with Crippen molar-refractivity contribution in [2.24, 2.45) is 0 Å². The Hall–Kier alpha value is -3.43. The second-order valence-corrected chi connectivity index (χ2v) is 7.66. The van der Waals surface area contributed by atoms with Gasteiger partial charge in [0.1, 0.15) is 6.54 Å². The fourth-order valence-corrected chi connectivity index (χ4v) is 3.40. The van der Waals surface area contributed by atoms with E-state index in [1.807, 2.05) is 6.92 Å². The molecule has 2 aromatic carbocycles. The van der Waals surface area contributed by atoms with Crippen molar-refractivity contribution in [3.05, 3.63) is 80.6 Å². The van der Waals surface area contributed by atoms with Gasteiger partial charge in [-0.25, -0.2) is 4.68 Å². The van der Waals surface area contributed by atoms with Crippen molar-refractivity contribution in [1.29, 1.82) is 0 Å². The first-order chi connectivity index (χ1) is 15.3. The van der Waals surface area contributed by atoms with Crippen LogP contribution in [0.5, 0.6) is 0 Å². The number of hydrogen-bond acceptors (Lipinski definition) is 5. The number of nitro benzene ring substituents is 1. The zero-order valence-corrected chi connectivity index (χ0v) is 18.5. The molecule has 166 valence electrons. The lowest BCUT2D eigenvalue weighted by atomic mass is 10.3. The average molecular weight is 476 g/mol. The van der Waals surface area contributed by atoms with Crippen LogP contribution < -0.4 is 5.32 Å². The summed E-state index contributed by atoms with van der Waals surface area (Å²) in [6, 6.07) is 12.0. The van der Waals surface area contributed by atoms with Crippen molar-refractivity contribution in [3.63, 3.8) is 0 Å². The number of anilines is 1. The Morgan fingerprint density at radius 2 is 1.88 bits per heavy atom. The summed E-state index contributed by atoms with van der Waals surface area (Å²) in [5.41, 5.74) is 1.06. The molecule has 0 fully saturated rings. The van der Waals surface area contributed by atoms with E-state index in [1.54, 1.807) is 18.3 Å². The number of nitro groups is 1. The van der Waals surface area contributed by atoms with Crippen LogP contribution in [0.3, 0.4) is 0 Å². The predicted molar refractivity (Wildman–Crippen MR) is 122 cm³/mol. The third kappa shape index (κ3) is 5.63. The Kier molecular flexibility index (Phi) is 7.45. The number of nitrogens with one attached hydrogen (secondary N) is 1. The molecule has 0 aliphatic heterocycles. The van der Waals surface area contributed by atoms with Crippen molar-refractivity contribution in [3.8, 4) is 5.69 Å². The van der Waals surface area contributed by atoms with Gasteiger partial charge in [-0.1, -0.05) is 30.1 Å². The first-order valence-electron chi connectivity index (χ1n) is 9.63. The molecule has 11 heteroatoms. The minimum Gasteiger partial charge on any atom is -0.328 e.